The van der Waals surface area contributed by atoms with Gasteiger partial charge in [0.2, 0.25) is 5.91 Å². The fraction of sp³-hybridized carbons (Fsp3) is 0.381. The first-order chi connectivity index (χ1) is 14.2. The van der Waals surface area contributed by atoms with Crippen molar-refractivity contribution >= 4 is 17.2 Å². The van der Waals surface area contributed by atoms with E-state index in [1.807, 2.05) is 24.3 Å². The van der Waals surface area contributed by atoms with Crippen molar-refractivity contribution in [1.82, 2.24) is 19.5 Å². The molecular formula is C21H25N5O3. The molecule has 1 N–H and O–H groups in total. The first kappa shape index (κ1) is 19.0. The lowest BCUT2D eigenvalue weighted by molar-refractivity contribution is -0.121. The van der Waals surface area contributed by atoms with Crippen LogP contribution in [0.25, 0.3) is 5.65 Å². The van der Waals surface area contributed by atoms with Gasteiger partial charge in [-0.2, -0.15) is 0 Å². The van der Waals surface area contributed by atoms with E-state index in [1.165, 1.54) is 9.08 Å². The summed E-state index contributed by atoms with van der Waals surface area (Å²) in [4.78, 5) is 26.8. The van der Waals surface area contributed by atoms with E-state index < -0.39 is 0 Å². The van der Waals surface area contributed by atoms with Crippen LogP contribution in [0.15, 0.2) is 53.5 Å². The Hall–Kier alpha value is -3.29. The lowest BCUT2D eigenvalue weighted by Gasteiger charge is -2.21. The minimum absolute atomic E-state index is 0.0651. The van der Waals surface area contributed by atoms with Gasteiger partial charge in [0.25, 0.3) is 0 Å². The number of aryl methyl sites for hydroxylation is 1. The van der Waals surface area contributed by atoms with Crippen molar-refractivity contribution < 1.29 is 9.53 Å². The monoisotopic (exact) mass is 395 g/mol. The molecule has 1 fully saturated rings. The number of hydrogen-bond acceptors (Lipinski definition) is 5. The lowest BCUT2D eigenvalue weighted by atomic mass is 10.1. The molecule has 1 saturated heterocycles. The van der Waals surface area contributed by atoms with E-state index >= 15 is 0 Å². The first-order valence-electron chi connectivity index (χ1n) is 9.84. The van der Waals surface area contributed by atoms with Crippen molar-refractivity contribution in [2.24, 2.45) is 5.92 Å². The van der Waals surface area contributed by atoms with Gasteiger partial charge < -0.3 is 15.0 Å². The number of para-hydroxylation sites is 2. The molecule has 152 valence electrons. The molecule has 1 aromatic carbocycles. The number of nitrogens with zero attached hydrogens (tertiary/aromatic N) is 4. The Labute approximate surface area is 168 Å². The normalized spacial score (nSPS) is 16.3. The van der Waals surface area contributed by atoms with Gasteiger partial charge in [0.05, 0.1) is 19.3 Å². The van der Waals surface area contributed by atoms with Gasteiger partial charge in [-0.15, -0.1) is 5.10 Å². The van der Waals surface area contributed by atoms with Gasteiger partial charge in [0.15, 0.2) is 5.65 Å². The van der Waals surface area contributed by atoms with Gasteiger partial charge in [0, 0.05) is 32.3 Å². The summed E-state index contributed by atoms with van der Waals surface area (Å²) in [5, 5.41) is 7.25. The predicted octanol–water partition coefficient (Wildman–Crippen LogP) is 1.54. The maximum absolute atomic E-state index is 12.3. The Kier molecular flexibility index (Phi) is 5.50. The predicted molar refractivity (Wildman–Crippen MR) is 110 cm³/mol. The highest BCUT2D eigenvalue weighted by Crippen LogP contribution is 2.31. The van der Waals surface area contributed by atoms with E-state index in [0.717, 1.165) is 30.9 Å². The molecule has 1 aliphatic heterocycles. The number of fused-ring (bicyclic) bond motifs is 1. The summed E-state index contributed by atoms with van der Waals surface area (Å²) in [6.07, 6.45) is 2.92. The molecule has 0 aliphatic carbocycles. The molecule has 0 radical (unpaired) electrons. The molecule has 1 unspecified atom stereocenters. The molecule has 1 atom stereocenters. The van der Waals surface area contributed by atoms with Crippen LogP contribution in [0, 0.1) is 5.92 Å². The summed E-state index contributed by atoms with van der Waals surface area (Å²) in [6, 6.07) is 13.4. The van der Waals surface area contributed by atoms with Gasteiger partial charge in [0.1, 0.15) is 5.75 Å². The Morgan fingerprint density at radius 3 is 2.90 bits per heavy atom. The fourth-order valence-corrected chi connectivity index (χ4v) is 3.78. The maximum atomic E-state index is 12.3. The quantitative estimate of drug-likeness (QED) is 0.656. The Morgan fingerprint density at radius 2 is 2.07 bits per heavy atom. The number of pyridine rings is 1. The van der Waals surface area contributed by atoms with Crippen molar-refractivity contribution in [3.63, 3.8) is 0 Å². The van der Waals surface area contributed by atoms with Crippen LogP contribution in [0.4, 0.5) is 5.69 Å². The highest BCUT2D eigenvalue weighted by Gasteiger charge is 2.24. The fourth-order valence-electron chi connectivity index (χ4n) is 3.78. The zero-order chi connectivity index (χ0) is 20.2. The number of aromatic nitrogens is 3. The molecule has 1 amide bonds. The van der Waals surface area contributed by atoms with Crippen LogP contribution in [-0.4, -0.2) is 46.8 Å². The zero-order valence-corrected chi connectivity index (χ0v) is 16.5. The molecular weight excluding hydrogens is 370 g/mol. The van der Waals surface area contributed by atoms with Crippen LogP contribution in [0.1, 0.15) is 12.8 Å². The Morgan fingerprint density at radius 1 is 1.24 bits per heavy atom. The molecule has 0 bridgehead atoms. The van der Waals surface area contributed by atoms with Crippen molar-refractivity contribution in [3.05, 3.63) is 59.1 Å². The maximum Gasteiger partial charge on any atom is 0.350 e. The number of anilines is 1. The first-order valence-corrected chi connectivity index (χ1v) is 9.84. The molecule has 1 aliphatic rings. The number of rotatable bonds is 7. The average Bonchev–Trinajstić information content (AvgIpc) is 3.35. The topological polar surface area (TPSA) is 80.9 Å². The summed E-state index contributed by atoms with van der Waals surface area (Å²) in [7, 11) is 1.68. The number of benzene rings is 1. The van der Waals surface area contributed by atoms with Crippen LogP contribution in [0.5, 0.6) is 5.75 Å². The largest absolute Gasteiger partial charge is 0.495 e. The van der Waals surface area contributed by atoms with Gasteiger partial charge >= 0.3 is 5.69 Å². The highest BCUT2D eigenvalue weighted by molar-refractivity contribution is 5.75. The number of hydrogen-bond donors (Lipinski definition) is 1. The summed E-state index contributed by atoms with van der Waals surface area (Å²) < 4.78 is 8.27. The number of nitrogens with one attached hydrogen (secondary N) is 1. The molecule has 8 heteroatoms. The van der Waals surface area contributed by atoms with Gasteiger partial charge in [-0.3, -0.25) is 9.20 Å². The highest BCUT2D eigenvalue weighted by atomic mass is 16.5. The number of carbonyl (C=O) groups excluding carboxylic acids is 1. The number of carbonyl (C=O) groups is 1. The number of amides is 1. The second kappa shape index (κ2) is 8.38. The molecule has 3 heterocycles. The number of methoxy groups -OCH3 is 1. The van der Waals surface area contributed by atoms with Crippen molar-refractivity contribution in [2.45, 2.75) is 19.4 Å². The Balaban J connectivity index is 1.27. The van der Waals surface area contributed by atoms with Gasteiger partial charge in [-0.25, -0.2) is 9.48 Å². The van der Waals surface area contributed by atoms with Crippen molar-refractivity contribution in [3.8, 4) is 5.75 Å². The van der Waals surface area contributed by atoms with Crippen LogP contribution >= 0.6 is 0 Å². The SMILES string of the molecule is COc1ccccc1N1CCC(CNC(=O)CCn2nc3ccccn3c2=O)C1. The van der Waals surface area contributed by atoms with Crippen LogP contribution in [0.2, 0.25) is 0 Å². The van der Waals surface area contributed by atoms with Gasteiger partial charge in [-0.1, -0.05) is 18.2 Å². The average molecular weight is 395 g/mol. The van der Waals surface area contributed by atoms with Crippen LogP contribution < -0.4 is 20.6 Å². The van der Waals surface area contributed by atoms with E-state index in [4.69, 9.17) is 4.74 Å². The molecule has 3 aromatic rings. The third-order valence-electron chi connectivity index (χ3n) is 5.34. The minimum Gasteiger partial charge on any atom is -0.495 e. The smallest absolute Gasteiger partial charge is 0.350 e. The van der Waals surface area contributed by atoms with Gasteiger partial charge in [-0.05, 0) is 36.6 Å². The molecule has 8 nitrogen and oxygen atoms in total. The van der Waals surface area contributed by atoms with E-state index in [2.05, 4.69) is 21.4 Å². The van der Waals surface area contributed by atoms with E-state index in [1.54, 1.807) is 25.4 Å². The summed E-state index contributed by atoms with van der Waals surface area (Å²) in [6.45, 7) is 2.72. The number of ether oxygens (including phenoxy) is 1. The summed E-state index contributed by atoms with van der Waals surface area (Å²) >= 11 is 0. The lowest BCUT2D eigenvalue weighted by Crippen LogP contribution is -2.32. The Bertz CT molecular complexity index is 1060. The van der Waals surface area contributed by atoms with Crippen molar-refractivity contribution in [2.75, 3.05) is 31.6 Å². The molecule has 4 rings (SSSR count). The second-order valence-electron chi connectivity index (χ2n) is 7.26. The molecule has 0 saturated carbocycles. The van der Waals surface area contributed by atoms with E-state index in [-0.39, 0.29) is 24.6 Å². The third kappa shape index (κ3) is 4.11. The van der Waals surface area contributed by atoms with E-state index in [9.17, 15) is 9.59 Å². The second-order valence-corrected chi connectivity index (χ2v) is 7.26. The van der Waals surface area contributed by atoms with Crippen molar-refractivity contribution in [1.29, 1.82) is 0 Å². The van der Waals surface area contributed by atoms with Crippen LogP contribution in [-0.2, 0) is 11.3 Å². The van der Waals surface area contributed by atoms with E-state index in [0.29, 0.717) is 18.1 Å². The summed E-state index contributed by atoms with van der Waals surface area (Å²) in [5.74, 6) is 1.20. The van der Waals surface area contributed by atoms with Crippen LogP contribution in [0.3, 0.4) is 0 Å². The molecule has 29 heavy (non-hydrogen) atoms. The third-order valence-corrected chi connectivity index (χ3v) is 5.34. The zero-order valence-electron chi connectivity index (χ0n) is 16.5. The molecule has 0 spiro atoms. The summed E-state index contributed by atoms with van der Waals surface area (Å²) in [5.41, 5.74) is 1.45. The minimum atomic E-state index is -0.225. The molecule has 2 aromatic heterocycles. The standard InChI is InChI=1S/C21H25N5O3/c1-29-18-7-3-2-6-17(18)24-12-9-16(15-24)14-22-20(27)10-13-26-21(28)25-11-5-4-8-19(25)23-26/h2-8,11,16H,9-10,12-15H2,1H3,(H,22,27).